The van der Waals surface area contributed by atoms with Crippen molar-refractivity contribution < 1.29 is 0 Å². The quantitative estimate of drug-likeness (QED) is 0.176. The number of benzene rings is 8. The summed E-state index contributed by atoms with van der Waals surface area (Å²) in [5.74, 6) is 0.668. The first kappa shape index (κ1) is 32.0. The highest BCUT2D eigenvalue weighted by atomic mass is 32.1. The van der Waals surface area contributed by atoms with Crippen LogP contribution in [0.25, 0.3) is 109 Å². The lowest BCUT2D eigenvalue weighted by molar-refractivity contribution is 1.02. The summed E-state index contributed by atoms with van der Waals surface area (Å²) in [5, 5.41) is 8.27. The molecule has 266 valence electrons. The first-order chi connectivity index (χ1) is 28.2. The Balaban J connectivity index is 1.10. The molecule has 4 nitrogen and oxygen atoms in total. The van der Waals surface area contributed by atoms with E-state index in [1.54, 1.807) is 11.3 Å². The summed E-state index contributed by atoms with van der Waals surface area (Å²) in [6.45, 7) is 0. The SMILES string of the molecule is c1ccc(-c2cc3c(-c4ccccc4)nc(-n4c5ccc(-c6ccc7c(c6)c6ccccc6n7-c6ccccc6)cc5c5cc6ccccc6cc54)nc3s2)cc1. The van der Waals surface area contributed by atoms with Crippen LogP contribution in [0.2, 0.25) is 0 Å². The van der Waals surface area contributed by atoms with Gasteiger partial charge >= 0.3 is 0 Å². The molecule has 12 rings (SSSR count). The fourth-order valence-corrected chi connectivity index (χ4v) is 9.71. The van der Waals surface area contributed by atoms with Gasteiger partial charge in [-0.25, -0.2) is 9.97 Å². The summed E-state index contributed by atoms with van der Waals surface area (Å²) >= 11 is 1.72. The van der Waals surface area contributed by atoms with Gasteiger partial charge in [0.25, 0.3) is 0 Å². The molecule has 12 aromatic rings. The number of nitrogens with zero attached hydrogens (tertiary/aromatic N) is 4. The van der Waals surface area contributed by atoms with Crippen LogP contribution in [0, 0.1) is 0 Å². The van der Waals surface area contributed by atoms with Crippen LogP contribution >= 0.6 is 11.3 Å². The first-order valence-electron chi connectivity index (χ1n) is 19.2. The third kappa shape index (κ3) is 5.06. The fourth-order valence-electron chi connectivity index (χ4n) is 8.68. The van der Waals surface area contributed by atoms with Crippen LogP contribution in [0.15, 0.2) is 194 Å². The van der Waals surface area contributed by atoms with Gasteiger partial charge in [0.05, 0.1) is 27.8 Å². The van der Waals surface area contributed by atoms with Gasteiger partial charge in [-0.2, -0.15) is 0 Å². The molecule has 0 saturated carbocycles. The second-order valence-electron chi connectivity index (χ2n) is 14.6. The number of hydrogen-bond acceptors (Lipinski definition) is 3. The largest absolute Gasteiger partial charge is 0.309 e. The van der Waals surface area contributed by atoms with Crippen LogP contribution in [0.5, 0.6) is 0 Å². The molecular weight excluding hydrogens is 713 g/mol. The monoisotopic (exact) mass is 744 g/mol. The molecule has 0 amide bonds. The van der Waals surface area contributed by atoms with E-state index < -0.39 is 0 Å². The highest BCUT2D eigenvalue weighted by Gasteiger charge is 2.21. The third-order valence-corrected chi connectivity index (χ3v) is 12.4. The molecular formula is C52H32N4S. The van der Waals surface area contributed by atoms with E-state index >= 15 is 0 Å². The first-order valence-corrected chi connectivity index (χ1v) is 20.1. The van der Waals surface area contributed by atoms with E-state index in [2.05, 4.69) is 203 Å². The molecule has 0 aliphatic heterocycles. The number of hydrogen-bond donors (Lipinski definition) is 0. The zero-order valence-electron chi connectivity index (χ0n) is 30.7. The maximum Gasteiger partial charge on any atom is 0.236 e. The van der Waals surface area contributed by atoms with Gasteiger partial charge in [-0.15, -0.1) is 11.3 Å². The molecule has 0 fully saturated rings. The zero-order valence-corrected chi connectivity index (χ0v) is 31.5. The Hall–Kier alpha value is -7.34. The van der Waals surface area contributed by atoms with E-state index in [-0.39, 0.29) is 0 Å². The van der Waals surface area contributed by atoms with Crippen molar-refractivity contribution in [2.75, 3.05) is 0 Å². The molecule has 8 aromatic carbocycles. The lowest BCUT2D eigenvalue weighted by Gasteiger charge is -2.10. The molecule has 0 aliphatic rings. The van der Waals surface area contributed by atoms with Gasteiger partial charge in [-0.3, -0.25) is 4.57 Å². The Kier molecular flexibility index (Phi) is 7.06. The average molecular weight is 745 g/mol. The summed E-state index contributed by atoms with van der Waals surface area (Å²) < 4.78 is 4.64. The summed E-state index contributed by atoms with van der Waals surface area (Å²) in [6, 6.07) is 69.7. The Morgan fingerprint density at radius 1 is 0.351 bits per heavy atom. The average Bonchev–Trinajstić information content (AvgIpc) is 3.96. The Bertz CT molecular complexity index is 3510. The maximum absolute atomic E-state index is 5.43. The van der Waals surface area contributed by atoms with Crippen molar-refractivity contribution in [3.63, 3.8) is 0 Å². The zero-order chi connectivity index (χ0) is 37.5. The van der Waals surface area contributed by atoms with Crippen molar-refractivity contribution in [2.24, 2.45) is 0 Å². The highest BCUT2D eigenvalue weighted by molar-refractivity contribution is 7.21. The standard InChI is InChI=1S/C52H32N4S/c1-4-14-33(15-5-1)49-32-44-50(34-16-6-2-7-17-34)53-52(54-51(44)57-49)56-47-27-25-38(30-42(47)43-28-35-18-10-11-19-36(35)31-48(43)56)37-24-26-46-41(29-37)40-22-12-13-23-45(40)55(46)39-20-8-3-9-21-39/h1-32H. The normalized spacial score (nSPS) is 11.9. The molecule has 0 saturated heterocycles. The van der Waals surface area contributed by atoms with Crippen molar-refractivity contribution in [2.45, 2.75) is 0 Å². The Morgan fingerprint density at radius 2 is 0.912 bits per heavy atom. The minimum absolute atomic E-state index is 0.668. The summed E-state index contributed by atoms with van der Waals surface area (Å²) in [5.41, 5.74) is 11.2. The van der Waals surface area contributed by atoms with Gasteiger partial charge in [0.2, 0.25) is 5.95 Å². The van der Waals surface area contributed by atoms with Crippen LogP contribution in [0.1, 0.15) is 0 Å². The molecule has 0 radical (unpaired) electrons. The van der Waals surface area contributed by atoms with Crippen LogP contribution in [-0.4, -0.2) is 19.1 Å². The minimum atomic E-state index is 0.668. The van der Waals surface area contributed by atoms with Gasteiger partial charge < -0.3 is 4.57 Å². The van der Waals surface area contributed by atoms with E-state index in [1.807, 2.05) is 0 Å². The van der Waals surface area contributed by atoms with Crippen LogP contribution in [0.3, 0.4) is 0 Å². The summed E-state index contributed by atoms with van der Waals surface area (Å²) in [7, 11) is 0. The van der Waals surface area contributed by atoms with Gasteiger partial charge in [-0.05, 0) is 88.1 Å². The topological polar surface area (TPSA) is 35.6 Å². The van der Waals surface area contributed by atoms with E-state index in [1.165, 1.54) is 64.9 Å². The molecule has 0 spiro atoms. The van der Waals surface area contributed by atoms with Crippen molar-refractivity contribution in [1.29, 1.82) is 0 Å². The molecule has 4 heterocycles. The third-order valence-electron chi connectivity index (χ3n) is 11.3. The van der Waals surface area contributed by atoms with Crippen LogP contribution in [-0.2, 0) is 0 Å². The van der Waals surface area contributed by atoms with Gasteiger partial charge in [-0.1, -0.05) is 133 Å². The molecule has 0 atom stereocenters. The molecule has 0 aliphatic carbocycles. The Labute approximate surface area is 332 Å². The number of fused-ring (bicyclic) bond motifs is 8. The predicted octanol–water partition coefficient (Wildman–Crippen LogP) is 14.0. The molecule has 57 heavy (non-hydrogen) atoms. The molecule has 5 heteroatoms. The van der Waals surface area contributed by atoms with E-state index in [0.717, 1.165) is 38.2 Å². The van der Waals surface area contributed by atoms with Gasteiger partial charge in [0.1, 0.15) is 4.83 Å². The lowest BCUT2D eigenvalue weighted by Crippen LogP contribution is -2.02. The number of aromatic nitrogens is 4. The molecule has 0 N–H and O–H groups in total. The van der Waals surface area contributed by atoms with Crippen molar-refractivity contribution in [3.05, 3.63) is 194 Å². The van der Waals surface area contributed by atoms with Gasteiger partial charge in [0, 0.05) is 43.1 Å². The van der Waals surface area contributed by atoms with Gasteiger partial charge in [0.15, 0.2) is 0 Å². The number of para-hydroxylation sites is 2. The van der Waals surface area contributed by atoms with Crippen molar-refractivity contribution in [3.8, 4) is 44.5 Å². The smallest absolute Gasteiger partial charge is 0.236 e. The maximum atomic E-state index is 5.43. The molecule has 0 unspecified atom stereocenters. The fraction of sp³-hybridized carbons (Fsp3) is 0. The van der Waals surface area contributed by atoms with Crippen molar-refractivity contribution in [1.82, 2.24) is 19.1 Å². The van der Waals surface area contributed by atoms with Crippen LogP contribution < -0.4 is 0 Å². The van der Waals surface area contributed by atoms with Crippen molar-refractivity contribution >= 4 is 75.9 Å². The van der Waals surface area contributed by atoms with E-state index in [9.17, 15) is 0 Å². The predicted molar refractivity (Wildman–Crippen MR) is 240 cm³/mol. The number of thiophene rings is 1. The second kappa shape index (κ2) is 12.6. The highest BCUT2D eigenvalue weighted by Crippen LogP contribution is 2.41. The summed E-state index contributed by atoms with van der Waals surface area (Å²) in [4.78, 5) is 12.9. The minimum Gasteiger partial charge on any atom is -0.309 e. The van der Waals surface area contributed by atoms with Crippen LogP contribution in [0.4, 0.5) is 0 Å². The Morgan fingerprint density at radius 3 is 1.65 bits per heavy atom. The second-order valence-corrected chi connectivity index (χ2v) is 15.7. The molecule has 0 bridgehead atoms. The van der Waals surface area contributed by atoms with E-state index in [0.29, 0.717) is 5.95 Å². The number of rotatable bonds is 5. The van der Waals surface area contributed by atoms with E-state index in [4.69, 9.17) is 9.97 Å². The lowest BCUT2D eigenvalue weighted by atomic mass is 10.00. The molecule has 4 aromatic heterocycles. The summed E-state index contributed by atoms with van der Waals surface area (Å²) in [6.07, 6.45) is 0.